The van der Waals surface area contributed by atoms with Gasteiger partial charge < -0.3 is 14.8 Å². The minimum atomic E-state index is -0.503. The van der Waals surface area contributed by atoms with Crippen LogP contribution in [0, 0.1) is 11.7 Å². The molecule has 1 N–H and O–H groups in total. The molecule has 0 bridgehead atoms. The Morgan fingerprint density at radius 2 is 1.96 bits per heavy atom. The molecule has 6 heteroatoms. The zero-order valence-electron chi connectivity index (χ0n) is 14.6. The summed E-state index contributed by atoms with van der Waals surface area (Å²) in [5, 5.41) is 2.85. The summed E-state index contributed by atoms with van der Waals surface area (Å²) in [6.45, 7) is 0.271. The fourth-order valence-corrected chi connectivity index (χ4v) is 3.06. The summed E-state index contributed by atoms with van der Waals surface area (Å²) >= 11 is 0. The van der Waals surface area contributed by atoms with Crippen molar-refractivity contribution in [3.63, 3.8) is 0 Å². The van der Waals surface area contributed by atoms with Crippen LogP contribution < -0.4 is 10.1 Å². The highest BCUT2D eigenvalue weighted by molar-refractivity contribution is 5.92. The van der Waals surface area contributed by atoms with Gasteiger partial charge in [-0.15, -0.1) is 0 Å². The molecule has 0 radical (unpaired) electrons. The van der Waals surface area contributed by atoms with Crippen LogP contribution in [0.4, 0.5) is 4.39 Å². The number of benzene rings is 2. The summed E-state index contributed by atoms with van der Waals surface area (Å²) in [6, 6.07) is 11.6. The van der Waals surface area contributed by atoms with Gasteiger partial charge in [0.05, 0.1) is 14.2 Å². The lowest BCUT2D eigenvalue weighted by Gasteiger charge is -2.10. The molecule has 0 aliphatic heterocycles. The van der Waals surface area contributed by atoms with Gasteiger partial charge in [0.15, 0.2) is 0 Å². The van der Waals surface area contributed by atoms with E-state index in [1.54, 1.807) is 36.4 Å². The summed E-state index contributed by atoms with van der Waals surface area (Å²) in [5.41, 5.74) is 1.64. The molecule has 1 fully saturated rings. The topological polar surface area (TPSA) is 64.6 Å². The van der Waals surface area contributed by atoms with Gasteiger partial charge in [-0.25, -0.2) is 9.18 Å². The predicted molar refractivity (Wildman–Crippen MR) is 93.4 cm³/mol. The lowest BCUT2D eigenvalue weighted by atomic mass is 10.1. The third-order valence-electron chi connectivity index (χ3n) is 4.57. The van der Waals surface area contributed by atoms with E-state index in [4.69, 9.17) is 9.47 Å². The highest BCUT2D eigenvalue weighted by Crippen LogP contribution is 2.48. The minimum absolute atomic E-state index is 0.0716. The summed E-state index contributed by atoms with van der Waals surface area (Å²) < 4.78 is 23.7. The molecule has 1 aliphatic carbocycles. The first-order valence-electron chi connectivity index (χ1n) is 8.32. The highest BCUT2D eigenvalue weighted by atomic mass is 19.1. The monoisotopic (exact) mass is 357 g/mol. The van der Waals surface area contributed by atoms with Crippen molar-refractivity contribution in [2.45, 2.75) is 18.9 Å². The van der Waals surface area contributed by atoms with Crippen LogP contribution in [-0.2, 0) is 16.1 Å². The number of methoxy groups -OCH3 is 2. The number of rotatable bonds is 6. The standard InChI is InChI=1S/C20H20FNO4/c1-25-18-8-7-12(9-16(18)20(24)26-2)11-22-19(23)15-10-14(15)13-5-3-4-6-17(13)21/h3-9,14-15H,10-11H2,1-2H3,(H,22,23). The number of ether oxygens (including phenoxy) is 2. The van der Waals surface area contributed by atoms with Gasteiger partial charge in [0.1, 0.15) is 17.1 Å². The fourth-order valence-electron chi connectivity index (χ4n) is 3.06. The number of hydrogen-bond donors (Lipinski definition) is 1. The molecular weight excluding hydrogens is 337 g/mol. The smallest absolute Gasteiger partial charge is 0.341 e. The largest absolute Gasteiger partial charge is 0.496 e. The molecular formula is C20H20FNO4. The Morgan fingerprint density at radius 1 is 1.19 bits per heavy atom. The molecule has 1 saturated carbocycles. The number of halogens is 1. The first kappa shape index (κ1) is 17.9. The van der Waals surface area contributed by atoms with Gasteiger partial charge >= 0.3 is 5.97 Å². The van der Waals surface area contributed by atoms with E-state index < -0.39 is 5.97 Å². The average molecular weight is 357 g/mol. The fraction of sp³-hybridized carbons (Fsp3) is 0.300. The van der Waals surface area contributed by atoms with Crippen molar-refractivity contribution in [1.82, 2.24) is 5.32 Å². The quantitative estimate of drug-likeness (QED) is 0.807. The van der Waals surface area contributed by atoms with Crippen LogP contribution in [0.2, 0.25) is 0 Å². The van der Waals surface area contributed by atoms with E-state index in [0.717, 1.165) is 5.56 Å². The molecule has 1 aliphatic rings. The van der Waals surface area contributed by atoms with Crippen molar-refractivity contribution in [2.75, 3.05) is 14.2 Å². The number of esters is 1. The minimum Gasteiger partial charge on any atom is -0.496 e. The Hall–Kier alpha value is -2.89. The van der Waals surface area contributed by atoms with Crippen LogP contribution >= 0.6 is 0 Å². The van der Waals surface area contributed by atoms with E-state index in [1.807, 2.05) is 0 Å². The van der Waals surface area contributed by atoms with Crippen LogP contribution in [0.15, 0.2) is 42.5 Å². The number of carbonyl (C=O) groups excluding carboxylic acids is 2. The van der Waals surface area contributed by atoms with Gasteiger partial charge in [-0.3, -0.25) is 4.79 Å². The first-order valence-corrected chi connectivity index (χ1v) is 8.32. The zero-order valence-corrected chi connectivity index (χ0v) is 14.6. The van der Waals surface area contributed by atoms with Crippen molar-refractivity contribution in [3.8, 4) is 5.75 Å². The van der Waals surface area contributed by atoms with E-state index >= 15 is 0 Å². The predicted octanol–water partition coefficient (Wildman–Crippen LogP) is 3.04. The van der Waals surface area contributed by atoms with Gasteiger partial charge in [0, 0.05) is 12.5 Å². The third-order valence-corrected chi connectivity index (χ3v) is 4.57. The molecule has 3 rings (SSSR count). The van der Waals surface area contributed by atoms with Gasteiger partial charge in [0.25, 0.3) is 0 Å². The molecule has 2 aromatic carbocycles. The van der Waals surface area contributed by atoms with E-state index in [2.05, 4.69) is 5.32 Å². The van der Waals surface area contributed by atoms with Crippen LogP contribution in [0.25, 0.3) is 0 Å². The molecule has 0 aromatic heterocycles. The lowest BCUT2D eigenvalue weighted by Crippen LogP contribution is -2.25. The molecule has 2 unspecified atom stereocenters. The molecule has 0 saturated heterocycles. The Morgan fingerprint density at radius 3 is 2.65 bits per heavy atom. The Bertz CT molecular complexity index is 836. The normalized spacial score (nSPS) is 18.1. The van der Waals surface area contributed by atoms with Crippen molar-refractivity contribution < 1.29 is 23.5 Å². The van der Waals surface area contributed by atoms with E-state index in [-0.39, 0.29) is 30.1 Å². The van der Waals surface area contributed by atoms with Crippen molar-refractivity contribution in [3.05, 3.63) is 65.0 Å². The van der Waals surface area contributed by atoms with Gasteiger partial charge in [-0.1, -0.05) is 24.3 Å². The van der Waals surface area contributed by atoms with Gasteiger partial charge in [-0.2, -0.15) is 0 Å². The van der Waals surface area contributed by atoms with E-state index in [0.29, 0.717) is 23.3 Å². The third kappa shape index (κ3) is 3.69. The number of carbonyl (C=O) groups is 2. The van der Waals surface area contributed by atoms with Crippen LogP contribution in [0.1, 0.15) is 33.8 Å². The SMILES string of the molecule is COC(=O)c1cc(CNC(=O)C2CC2c2ccccc2F)ccc1OC. The van der Waals surface area contributed by atoms with Crippen LogP contribution in [0.5, 0.6) is 5.75 Å². The summed E-state index contributed by atoms with van der Waals surface area (Å²) in [6.07, 6.45) is 0.642. The summed E-state index contributed by atoms with van der Waals surface area (Å²) in [7, 11) is 2.77. The van der Waals surface area contributed by atoms with Crippen molar-refractivity contribution in [2.24, 2.45) is 5.92 Å². The highest BCUT2D eigenvalue weighted by Gasteiger charge is 2.44. The maximum absolute atomic E-state index is 13.8. The second kappa shape index (κ2) is 7.56. The summed E-state index contributed by atoms with van der Waals surface area (Å²) in [5.74, 6) is -0.771. The molecule has 0 spiro atoms. The van der Waals surface area contributed by atoms with Crippen LogP contribution in [0.3, 0.4) is 0 Å². The molecule has 5 nitrogen and oxygen atoms in total. The maximum atomic E-state index is 13.8. The Labute approximate surface area is 151 Å². The lowest BCUT2D eigenvalue weighted by molar-refractivity contribution is -0.122. The second-order valence-corrected chi connectivity index (χ2v) is 6.21. The zero-order chi connectivity index (χ0) is 18.7. The summed E-state index contributed by atoms with van der Waals surface area (Å²) in [4.78, 5) is 24.1. The molecule has 2 aromatic rings. The first-order chi connectivity index (χ1) is 12.5. The van der Waals surface area contributed by atoms with Crippen LogP contribution in [-0.4, -0.2) is 26.1 Å². The molecule has 0 heterocycles. The average Bonchev–Trinajstić information content (AvgIpc) is 3.46. The van der Waals surface area contributed by atoms with E-state index in [9.17, 15) is 14.0 Å². The second-order valence-electron chi connectivity index (χ2n) is 6.21. The maximum Gasteiger partial charge on any atom is 0.341 e. The molecule has 1 amide bonds. The van der Waals surface area contributed by atoms with Gasteiger partial charge in [0.2, 0.25) is 5.91 Å². The Kier molecular flexibility index (Phi) is 5.21. The molecule has 2 atom stereocenters. The molecule has 136 valence electrons. The van der Waals surface area contributed by atoms with E-state index in [1.165, 1.54) is 20.3 Å². The van der Waals surface area contributed by atoms with Gasteiger partial charge in [-0.05, 0) is 41.7 Å². The number of hydrogen-bond acceptors (Lipinski definition) is 4. The number of nitrogens with one attached hydrogen (secondary N) is 1. The Balaban J connectivity index is 1.62. The number of amides is 1. The molecule has 26 heavy (non-hydrogen) atoms. The van der Waals surface area contributed by atoms with Crippen molar-refractivity contribution >= 4 is 11.9 Å². The van der Waals surface area contributed by atoms with Crippen molar-refractivity contribution in [1.29, 1.82) is 0 Å².